The number of pyridine rings is 1. The van der Waals surface area contributed by atoms with Crippen LogP contribution in [0.5, 0.6) is 0 Å². The maximum absolute atomic E-state index is 14.0. The Bertz CT molecular complexity index is 841. The maximum atomic E-state index is 14.0. The summed E-state index contributed by atoms with van der Waals surface area (Å²) in [6.45, 7) is 3.23. The summed E-state index contributed by atoms with van der Waals surface area (Å²) in [6.07, 6.45) is 1.18. The number of piperazine rings is 1. The Labute approximate surface area is 137 Å². The van der Waals surface area contributed by atoms with Crippen LogP contribution in [0.3, 0.4) is 0 Å². The lowest BCUT2D eigenvalue weighted by molar-refractivity contribution is 0.0695. The molecule has 0 saturated carbocycles. The van der Waals surface area contributed by atoms with Gasteiger partial charge in [0.2, 0.25) is 5.43 Å². The van der Waals surface area contributed by atoms with Crippen molar-refractivity contribution < 1.29 is 14.4 Å². The summed E-state index contributed by atoms with van der Waals surface area (Å²) in [5.74, 6) is -1.31. The highest BCUT2D eigenvalue weighted by molar-refractivity contribution is 5.95. The molecule has 128 valence electrons. The van der Waals surface area contributed by atoms with E-state index < -0.39 is 11.4 Å². The van der Waals surface area contributed by atoms with Crippen LogP contribution in [-0.2, 0) is 0 Å². The highest BCUT2D eigenvalue weighted by atomic mass is 19.2. The topological polar surface area (TPSA) is 79.9 Å². The summed E-state index contributed by atoms with van der Waals surface area (Å²) in [5.41, 5.74) is 0.440. The number of carboxylic acid groups (broad SMARTS) is 1. The molecule has 1 saturated heterocycles. The molecule has 1 aliphatic rings. The second-order valence-corrected chi connectivity index (χ2v) is 5.99. The molecular weight excluding hydrogens is 315 g/mol. The number of nitrogens with zero attached hydrogens (tertiary/aromatic N) is 3. The molecule has 24 heavy (non-hydrogen) atoms. The number of H-pyrrole nitrogens is 1. The van der Waals surface area contributed by atoms with E-state index in [2.05, 4.69) is 14.8 Å². The third kappa shape index (κ3) is 2.80. The first kappa shape index (κ1) is 16.3. The van der Waals surface area contributed by atoms with Gasteiger partial charge in [-0.05, 0) is 19.2 Å². The minimum atomic E-state index is -1.31. The number of nitrogens with one attached hydrogen (secondary N) is 1. The van der Waals surface area contributed by atoms with Gasteiger partial charge >= 0.3 is 5.97 Å². The molecule has 2 heterocycles. The minimum Gasteiger partial charge on any atom is -0.477 e. The van der Waals surface area contributed by atoms with Gasteiger partial charge in [-0.1, -0.05) is 0 Å². The number of likely N-dealkylation sites (N-methyl/N-ethyl adjacent to an activating group) is 1. The second kappa shape index (κ2) is 6.12. The lowest BCUT2D eigenvalue weighted by Crippen LogP contribution is -2.44. The molecule has 1 aromatic heterocycles. The SMILES string of the molecule is CN1CCN(c2cc3[nH]cc(C(=O)O)c(=O)c3cc2N(C)F)CC1. The fraction of sp³-hybridized carbons (Fsp3) is 0.375. The number of rotatable bonds is 3. The summed E-state index contributed by atoms with van der Waals surface area (Å²) in [5, 5.41) is 9.69. The first-order valence-electron chi connectivity index (χ1n) is 7.64. The fourth-order valence-electron chi connectivity index (χ4n) is 2.95. The summed E-state index contributed by atoms with van der Waals surface area (Å²) < 4.78 is 14.0. The molecule has 2 N–H and O–H groups in total. The van der Waals surface area contributed by atoms with Crippen molar-refractivity contribution in [2.24, 2.45) is 0 Å². The van der Waals surface area contributed by atoms with Gasteiger partial charge in [0.05, 0.1) is 16.9 Å². The van der Waals surface area contributed by atoms with Crippen LogP contribution >= 0.6 is 0 Å². The molecule has 0 spiro atoms. The van der Waals surface area contributed by atoms with Crippen molar-refractivity contribution in [3.8, 4) is 0 Å². The number of aromatic nitrogens is 1. The quantitative estimate of drug-likeness (QED) is 0.824. The molecule has 1 aliphatic heterocycles. The number of carboxylic acids is 1. The van der Waals surface area contributed by atoms with Gasteiger partial charge in [0, 0.05) is 44.8 Å². The average molecular weight is 334 g/mol. The zero-order chi connectivity index (χ0) is 17.4. The standard InChI is InChI=1S/C16H19FN4O3/c1-19-3-5-21(6-4-19)14-8-12-10(7-13(14)20(2)17)15(22)11(9-18-12)16(23)24/h7-9H,3-6H2,1-2H3,(H,18,22)(H,23,24). The predicted octanol–water partition coefficient (Wildman–Crippen LogP) is 1.30. The van der Waals surface area contributed by atoms with Gasteiger partial charge in [-0.15, -0.1) is 4.48 Å². The summed E-state index contributed by atoms with van der Waals surface area (Å²) >= 11 is 0. The zero-order valence-electron chi connectivity index (χ0n) is 13.5. The first-order valence-corrected chi connectivity index (χ1v) is 7.64. The lowest BCUT2D eigenvalue weighted by Gasteiger charge is -2.35. The van der Waals surface area contributed by atoms with Gasteiger partial charge in [0.25, 0.3) is 0 Å². The third-order valence-electron chi connectivity index (χ3n) is 4.38. The summed E-state index contributed by atoms with van der Waals surface area (Å²) in [6, 6.07) is 3.12. The van der Waals surface area contributed by atoms with Crippen LogP contribution in [0.1, 0.15) is 10.4 Å². The first-order chi connectivity index (χ1) is 11.4. The monoisotopic (exact) mass is 334 g/mol. The normalized spacial score (nSPS) is 15.7. The Hall–Kier alpha value is -2.61. The summed E-state index contributed by atoms with van der Waals surface area (Å²) in [4.78, 5) is 30.5. The van der Waals surface area contributed by atoms with Crippen molar-refractivity contribution in [1.82, 2.24) is 9.88 Å². The van der Waals surface area contributed by atoms with Crippen LogP contribution in [0.4, 0.5) is 15.9 Å². The minimum absolute atomic E-state index is 0.160. The number of aromatic carboxylic acids is 1. The van der Waals surface area contributed by atoms with Crippen LogP contribution in [0.2, 0.25) is 0 Å². The maximum Gasteiger partial charge on any atom is 0.341 e. The number of hydrogen-bond donors (Lipinski definition) is 2. The lowest BCUT2D eigenvalue weighted by atomic mass is 10.1. The molecule has 0 atom stereocenters. The fourth-order valence-corrected chi connectivity index (χ4v) is 2.95. The van der Waals surface area contributed by atoms with Crippen molar-refractivity contribution in [2.45, 2.75) is 0 Å². The highest BCUT2D eigenvalue weighted by Gasteiger charge is 2.21. The van der Waals surface area contributed by atoms with Crippen molar-refractivity contribution >= 4 is 28.2 Å². The number of fused-ring (bicyclic) bond motifs is 1. The van der Waals surface area contributed by atoms with Gasteiger partial charge in [-0.25, -0.2) is 9.92 Å². The van der Waals surface area contributed by atoms with Crippen molar-refractivity contribution in [3.05, 3.63) is 34.1 Å². The molecule has 1 fully saturated rings. The highest BCUT2D eigenvalue weighted by Crippen LogP contribution is 2.33. The molecular formula is C16H19FN4O3. The molecule has 0 aliphatic carbocycles. The molecule has 0 radical (unpaired) electrons. The number of aromatic amines is 1. The van der Waals surface area contributed by atoms with E-state index in [0.717, 1.165) is 26.2 Å². The largest absolute Gasteiger partial charge is 0.477 e. The zero-order valence-corrected chi connectivity index (χ0v) is 13.5. The van der Waals surface area contributed by atoms with E-state index in [9.17, 15) is 14.1 Å². The van der Waals surface area contributed by atoms with E-state index in [0.29, 0.717) is 16.3 Å². The molecule has 8 heteroatoms. The molecule has 7 nitrogen and oxygen atoms in total. The van der Waals surface area contributed by atoms with Crippen LogP contribution in [0.15, 0.2) is 23.1 Å². The Morgan fingerprint density at radius 2 is 1.96 bits per heavy atom. The van der Waals surface area contributed by atoms with Crippen LogP contribution < -0.4 is 15.5 Å². The Morgan fingerprint density at radius 3 is 2.54 bits per heavy atom. The van der Waals surface area contributed by atoms with Crippen molar-refractivity contribution in [2.75, 3.05) is 50.3 Å². The summed E-state index contributed by atoms with van der Waals surface area (Å²) in [7, 11) is 3.29. The van der Waals surface area contributed by atoms with Crippen LogP contribution in [-0.4, -0.2) is 61.2 Å². The van der Waals surface area contributed by atoms with E-state index >= 15 is 0 Å². The molecule has 1 aromatic carbocycles. The van der Waals surface area contributed by atoms with Gasteiger partial charge in [0.1, 0.15) is 5.56 Å². The van der Waals surface area contributed by atoms with E-state index in [1.807, 2.05) is 7.05 Å². The molecule has 0 amide bonds. The average Bonchev–Trinajstić information content (AvgIpc) is 2.54. The smallest absolute Gasteiger partial charge is 0.341 e. The van der Waals surface area contributed by atoms with E-state index in [4.69, 9.17) is 5.11 Å². The Morgan fingerprint density at radius 1 is 1.29 bits per heavy atom. The van der Waals surface area contributed by atoms with Gasteiger partial charge < -0.3 is 19.9 Å². The second-order valence-electron chi connectivity index (χ2n) is 5.99. The number of hydrogen-bond acceptors (Lipinski definition) is 5. The van der Waals surface area contributed by atoms with E-state index in [1.165, 1.54) is 19.3 Å². The van der Waals surface area contributed by atoms with Crippen LogP contribution in [0.25, 0.3) is 10.9 Å². The molecule has 0 bridgehead atoms. The molecule has 3 rings (SSSR count). The number of halogens is 1. The Balaban J connectivity index is 2.16. The van der Waals surface area contributed by atoms with Crippen LogP contribution in [0, 0.1) is 0 Å². The number of benzene rings is 1. The molecule has 2 aromatic rings. The van der Waals surface area contributed by atoms with E-state index in [-0.39, 0.29) is 16.6 Å². The molecule has 0 unspecified atom stereocenters. The third-order valence-corrected chi connectivity index (χ3v) is 4.38. The number of anilines is 2. The predicted molar refractivity (Wildman–Crippen MR) is 90.7 cm³/mol. The number of carbonyl (C=O) groups is 1. The Kier molecular flexibility index (Phi) is 4.15. The van der Waals surface area contributed by atoms with Crippen molar-refractivity contribution in [1.29, 1.82) is 0 Å². The van der Waals surface area contributed by atoms with Gasteiger partial charge in [-0.3, -0.25) is 4.79 Å². The van der Waals surface area contributed by atoms with E-state index in [1.54, 1.807) is 6.07 Å². The van der Waals surface area contributed by atoms with Gasteiger partial charge in [-0.2, -0.15) is 0 Å². The van der Waals surface area contributed by atoms with Gasteiger partial charge in [0.15, 0.2) is 0 Å². The van der Waals surface area contributed by atoms with Crippen molar-refractivity contribution in [3.63, 3.8) is 0 Å².